The van der Waals surface area contributed by atoms with Gasteiger partial charge in [-0.1, -0.05) is 52.4 Å². The standard InChI is InChI=1S/C46H69N9O5S2/c1-5-54(6-2)30-36-28-34(29-37(49-36)31-55(7-3)8-4)21-20-33-22-24-35(25-23-33)50-46(61)48-27-14-9-10-19-42(57)51-38(44(58)59)16-13-15-26-47-41(56)18-12-11-17-40-43-39(32-62-40)52-45(60)53-43/h22-25,28-29,38-40,43H,5-19,26-27,30-32H2,1-4H3,(H,47,56)(H,51,57)(H,58,59)(H2,48,50,61)(H2,52,53,60). The van der Waals surface area contributed by atoms with Crippen LogP contribution in [-0.4, -0.2) is 117 Å². The number of hydrogen-bond donors (Lipinski definition) is 7. The molecule has 0 radical (unpaired) electrons. The van der Waals surface area contributed by atoms with E-state index < -0.39 is 12.0 Å². The van der Waals surface area contributed by atoms with Crippen LogP contribution in [0.4, 0.5) is 10.5 Å². The van der Waals surface area contributed by atoms with E-state index in [1.807, 2.05) is 36.0 Å². The van der Waals surface area contributed by atoms with E-state index in [0.29, 0.717) is 55.6 Å². The van der Waals surface area contributed by atoms with Crippen molar-refractivity contribution in [3.05, 3.63) is 58.9 Å². The highest BCUT2D eigenvalue weighted by molar-refractivity contribution is 8.00. The number of unbranched alkanes of at least 4 members (excludes halogenated alkanes) is 4. The number of amides is 4. The van der Waals surface area contributed by atoms with Crippen LogP contribution >= 0.6 is 24.0 Å². The number of thioether (sulfide) groups is 1. The summed E-state index contributed by atoms with van der Waals surface area (Å²) < 4.78 is 0. The lowest BCUT2D eigenvalue weighted by Gasteiger charge is -2.20. The average molecular weight is 892 g/mol. The van der Waals surface area contributed by atoms with E-state index in [2.05, 4.69) is 93.4 Å². The van der Waals surface area contributed by atoms with Gasteiger partial charge in [0.1, 0.15) is 6.04 Å². The molecule has 1 aromatic carbocycles. The molecule has 0 saturated carbocycles. The normalized spacial score (nSPS) is 17.1. The molecule has 2 fully saturated rings. The first-order valence-electron chi connectivity index (χ1n) is 22.6. The number of hydrogen-bond acceptors (Lipinski definition) is 9. The summed E-state index contributed by atoms with van der Waals surface area (Å²) in [5.74, 6) is 6.26. The number of carbonyl (C=O) groups is 4. The number of nitrogens with one attached hydrogen (secondary N) is 6. The molecule has 0 aliphatic carbocycles. The van der Waals surface area contributed by atoms with Crippen LogP contribution < -0.4 is 31.9 Å². The van der Waals surface area contributed by atoms with Crippen LogP contribution in [0.2, 0.25) is 0 Å². The summed E-state index contributed by atoms with van der Waals surface area (Å²) in [5, 5.41) is 28.5. The van der Waals surface area contributed by atoms with E-state index in [1.165, 1.54) is 0 Å². The number of thiocarbonyl (C=S) groups is 1. The summed E-state index contributed by atoms with van der Waals surface area (Å²) in [6.45, 7) is 15.3. The first kappa shape index (κ1) is 50.2. The van der Waals surface area contributed by atoms with Gasteiger partial charge in [0.25, 0.3) is 0 Å². The Kier molecular flexibility index (Phi) is 22.3. The number of anilines is 1. The third-order valence-electron chi connectivity index (χ3n) is 11.3. The van der Waals surface area contributed by atoms with E-state index in [9.17, 15) is 24.3 Å². The summed E-state index contributed by atoms with van der Waals surface area (Å²) >= 11 is 7.37. The van der Waals surface area contributed by atoms with Gasteiger partial charge in [-0.25, -0.2) is 9.59 Å². The number of aromatic nitrogens is 1. The van der Waals surface area contributed by atoms with Crippen molar-refractivity contribution in [1.82, 2.24) is 41.4 Å². The molecule has 0 spiro atoms. The average Bonchev–Trinajstić information content (AvgIpc) is 3.82. The minimum absolute atomic E-state index is 0.0108. The van der Waals surface area contributed by atoms with Gasteiger partial charge in [-0.3, -0.25) is 24.4 Å². The summed E-state index contributed by atoms with van der Waals surface area (Å²) in [4.78, 5) is 57.8. The molecule has 0 bridgehead atoms. The molecule has 2 saturated heterocycles. The summed E-state index contributed by atoms with van der Waals surface area (Å²) in [6, 6.07) is 11.4. The lowest BCUT2D eigenvalue weighted by Crippen LogP contribution is -2.40. The molecule has 4 amide bonds. The van der Waals surface area contributed by atoms with Crippen LogP contribution in [0.3, 0.4) is 0 Å². The van der Waals surface area contributed by atoms with Gasteiger partial charge in [0.2, 0.25) is 11.8 Å². The molecule has 1 aromatic heterocycles. The second-order valence-electron chi connectivity index (χ2n) is 16.0. The molecule has 4 rings (SSSR count). The lowest BCUT2D eigenvalue weighted by atomic mass is 10.0. The van der Waals surface area contributed by atoms with E-state index in [1.54, 1.807) is 0 Å². The van der Waals surface area contributed by atoms with E-state index in [4.69, 9.17) is 17.2 Å². The first-order valence-corrected chi connectivity index (χ1v) is 24.0. The van der Waals surface area contributed by atoms with Crippen molar-refractivity contribution < 1.29 is 24.3 Å². The van der Waals surface area contributed by atoms with Gasteiger partial charge in [0.15, 0.2) is 5.11 Å². The molecule has 2 aromatic rings. The molecule has 340 valence electrons. The van der Waals surface area contributed by atoms with Crippen molar-refractivity contribution >= 4 is 58.6 Å². The fraction of sp³-hybridized carbons (Fsp3) is 0.609. The molecule has 2 aliphatic rings. The van der Waals surface area contributed by atoms with Crippen LogP contribution in [-0.2, 0) is 27.5 Å². The Hall–Kier alpha value is -4.43. The zero-order valence-electron chi connectivity index (χ0n) is 37.2. The zero-order chi connectivity index (χ0) is 44.7. The SMILES string of the molecule is CCN(CC)Cc1cc(C#Cc2ccc(NC(=S)NCCCCCC(=O)NC(CCCCNC(=O)CCCCC3SCC4NC(=O)NC43)C(=O)O)cc2)cc(CN(CC)CC)n1. The number of fused-ring (bicyclic) bond motifs is 1. The summed E-state index contributed by atoms with van der Waals surface area (Å²) in [5.41, 5.74) is 4.80. The van der Waals surface area contributed by atoms with Gasteiger partial charge in [0.05, 0.1) is 23.5 Å². The molecule has 62 heavy (non-hydrogen) atoms. The number of urea groups is 1. The zero-order valence-corrected chi connectivity index (χ0v) is 38.8. The van der Waals surface area contributed by atoms with Gasteiger partial charge in [-0.15, -0.1) is 0 Å². The van der Waals surface area contributed by atoms with Crippen molar-refractivity contribution in [3.8, 4) is 11.8 Å². The number of rotatable bonds is 27. The van der Waals surface area contributed by atoms with Crippen molar-refractivity contribution in [2.75, 3.05) is 50.3 Å². The summed E-state index contributed by atoms with van der Waals surface area (Å²) in [6.07, 6.45) is 7.10. The number of benzene rings is 1. The Morgan fingerprint density at radius 2 is 1.44 bits per heavy atom. The van der Waals surface area contributed by atoms with Crippen molar-refractivity contribution in [1.29, 1.82) is 0 Å². The quantitative estimate of drug-likeness (QED) is 0.0256. The van der Waals surface area contributed by atoms with Crippen molar-refractivity contribution in [3.63, 3.8) is 0 Å². The number of carboxylic acid groups (broad SMARTS) is 1. The smallest absolute Gasteiger partial charge is 0.326 e. The number of nitrogens with zero attached hydrogens (tertiary/aromatic N) is 3. The van der Waals surface area contributed by atoms with Crippen molar-refractivity contribution in [2.45, 2.75) is 135 Å². The minimum Gasteiger partial charge on any atom is -0.480 e. The third kappa shape index (κ3) is 18.1. The molecular formula is C46H69N9O5S2. The molecule has 2 aliphatic heterocycles. The van der Waals surface area contributed by atoms with Crippen LogP contribution in [0, 0.1) is 11.8 Å². The monoisotopic (exact) mass is 891 g/mol. The van der Waals surface area contributed by atoms with Crippen LogP contribution in [0.15, 0.2) is 36.4 Å². The van der Waals surface area contributed by atoms with Gasteiger partial charge >= 0.3 is 12.0 Å². The van der Waals surface area contributed by atoms with E-state index in [-0.39, 0.29) is 36.3 Å². The second kappa shape index (κ2) is 27.6. The van der Waals surface area contributed by atoms with Gasteiger partial charge in [0, 0.05) is 66.8 Å². The highest BCUT2D eigenvalue weighted by Crippen LogP contribution is 2.33. The number of pyridine rings is 1. The number of aliphatic carboxylic acids is 1. The maximum Gasteiger partial charge on any atom is 0.326 e. The van der Waals surface area contributed by atoms with E-state index in [0.717, 1.165) is 105 Å². The number of carboxylic acids is 1. The lowest BCUT2D eigenvalue weighted by molar-refractivity contribution is -0.142. The van der Waals surface area contributed by atoms with Gasteiger partial charge in [-0.05, 0) is 120 Å². The maximum absolute atomic E-state index is 12.5. The summed E-state index contributed by atoms with van der Waals surface area (Å²) in [7, 11) is 0. The first-order chi connectivity index (χ1) is 30.0. The molecule has 4 atom stereocenters. The fourth-order valence-electron chi connectivity index (χ4n) is 7.57. The van der Waals surface area contributed by atoms with Gasteiger partial charge in [-0.2, -0.15) is 11.8 Å². The van der Waals surface area contributed by atoms with E-state index >= 15 is 0 Å². The van der Waals surface area contributed by atoms with Crippen molar-refractivity contribution in [2.24, 2.45) is 0 Å². The maximum atomic E-state index is 12.5. The largest absolute Gasteiger partial charge is 0.480 e. The second-order valence-corrected chi connectivity index (χ2v) is 17.6. The Morgan fingerprint density at radius 3 is 2.10 bits per heavy atom. The molecular weight excluding hydrogens is 823 g/mol. The predicted octanol–water partition coefficient (Wildman–Crippen LogP) is 5.59. The van der Waals surface area contributed by atoms with Gasteiger partial charge < -0.3 is 37.0 Å². The molecule has 4 unspecified atom stereocenters. The minimum atomic E-state index is -1.06. The Labute approximate surface area is 378 Å². The van der Waals surface area contributed by atoms with Crippen LogP contribution in [0.25, 0.3) is 0 Å². The molecule has 7 N–H and O–H groups in total. The highest BCUT2D eigenvalue weighted by atomic mass is 32.2. The molecule has 14 nitrogen and oxygen atoms in total. The van der Waals surface area contributed by atoms with Crippen LogP contribution in [0.1, 0.15) is 121 Å². The van der Waals surface area contributed by atoms with Crippen LogP contribution in [0.5, 0.6) is 0 Å². The molecule has 16 heteroatoms. The Balaban J connectivity index is 1.05. The topological polar surface area (TPSA) is 180 Å². The number of carbonyl (C=O) groups excluding carboxylic acids is 3. The Morgan fingerprint density at radius 1 is 0.823 bits per heavy atom. The Bertz CT molecular complexity index is 1780. The molecule has 3 heterocycles. The fourth-order valence-corrected chi connectivity index (χ4v) is 9.33. The highest BCUT2D eigenvalue weighted by Gasteiger charge is 2.42. The third-order valence-corrected chi connectivity index (χ3v) is 13.1. The predicted molar refractivity (Wildman–Crippen MR) is 253 cm³/mol.